The molecule has 12 bridgehead atoms. The number of aromatic amines is 2. The van der Waals surface area contributed by atoms with Crippen molar-refractivity contribution < 1.29 is 369 Å². The summed E-state index contributed by atoms with van der Waals surface area (Å²) >= 11 is 0. The van der Waals surface area contributed by atoms with Crippen LogP contribution in [0.2, 0.25) is 0 Å². The van der Waals surface area contributed by atoms with E-state index in [-0.39, 0.29) is 331 Å². The minimum Gasteiger partial charge on any atom is -0.476 e. The summed E-state index contributed by atoms with van der Waals surface area (Å²) in [4.78, 5) is 101. The summed E-state index contributed by atoms with van der Waals surface area (Å²) in [6.45, 7) is 7.05. The third-order valence-electron chi connectivity index (χ3n) is 24.2. The second-order valence-electron chi connectivity index (χ2n) is 33.8. The summed E-state index contributed by atoms with van der Waals surface area (Å²) in [7, 11) is -13.8. The first-order valence-electron chi connectivity index (χ1n) is 42.0. The molecule has 17 N–H and O–H groups in total. The van der Waals surface area contributed by atoms with Gasteiger partial charge in [-0.2, -0.15) is 29.3 Å². The van der Waals surface area contributed by atoms with Gasteiger partial charge >= 0.3 is 17.1 Å². The van der Waals surface area contributed by atoms with Crippen LogP contribution in [0, 0.1) is 5.82 Å². The Kier molecular flexibility index (Phi) is 42.3. The van der Waals surface area contributed by atoms with Crippen molar-refractivity contribution in [3.63, 3.8) is 0 Å². The van der Waals surface area contributed by atoms with Gasteiger partial charge < -0.3 is 143 Å². The Morgan fingerprint density at radius 2 is 0.777 bits per heavy atom. The molecule has 12 aliphatic rings. The molecule has 0 amide bonds. The summed E-state index contributed by atoms with van der Waals surface area (Å²) in [5.74, 6) is -14.4. The van der Waals surface area contributed by atoms with E-state index in [1.165, 1.54) is 97.5 Å². The Bertz CT molecular complexity index is 6860. The van der Waals surface area contributed by atoms with Gasteiger partial charge in [0.1, 0.15) is 57.3 Å². The number of anilines is 5. The first kappa shape index (κ1) is 127. The first-order valence-corrected chi connectivity index (χ1v) is 52.9. The first-order chi connectivity index (χ1) is 66.8. The largest absolute Gasteiger partial charge is 0.476 e. The number of halogens is 7. The summed E-state index contributed by atoms with van der Waals surface area (Å²) < 4.78 is 277. The molecule has 0 aliphatic carbocycles. The molecule has 6 unspecified atom stereocenters. The van der Waals surface area contributed by atoms with Crippen molar-refractivity contribution in [3.05, 3.63) is 114 Å². The molecular weight excluding hydrogens is 2590 g/mol. The molecule has 58 nitrogen and oxygen atoms in total. The van der Waals surface area contributed by atoms with E-state index >= 15 is 13.2 Å². The van der Waals surface area contributed by atoms with E-state index in [1.807, 2.05) is 0 Å². The smallest absolute Gasteiger partial charge is 0.351 e. The average molecular weight is 2680 g/mol. The molecule has 77 heteroatoms. The van der Waals surface area contributed by atoms with Crippen LogP contribution in [0.15, 0.2) is 80.0 Å². The number of rotatable bonds is 26. The Labute approximate surface area is 980 Å². The van der Waals surface area contributed by atoms with Gasteiger partial charge in [0.05, 0.1) is 111 Å². The number of nitrogens with two attached hydrogens (primary N) is 5. The zero-order valence-electron chi connectivity index (χ0n) is 78.0. The number of hydrogen-bond acceptors (Lipinski definition) is 50. The number of aliphatic hydroxyl groups excluding tert-OH is 5. The van der Waals surface area contributed by atoms with Crippen LogP contribution in [0.1, 0.15) is 44.3 Å². The molecule has 12 fully saturated rings. The molecule has 9 aromatic heterocycles. The second-order valence-corrected chi connectivity index (χ2v) is 41.4. The predicted octanol–water partition coefficient (Wildman–Crippen LogP) is -2.42. The van der Waals surface area contributed by atoms with Crippen molar-refractivity contribution in [3.8, 4) is 5.88 Å². The molecule has 6 radical (unpaired) electrons. The Balaban J connectivity index is 0.000000181. The van der Waals surface area contributed by atoms with Crippen molar-refractivity contribution in [2.24, 2.45) is 0 Å². The minimum absolute atomic E-state index is 0. The van der Waals surface area contributed by atoms with Gasteiger partial charge in [0.25, 0.3) is 40.4 Å². The summed E-state index contributed by atoms with van der Waals surface area (Å²) in [5, 5.41) is 51.5. The number of aromatic nitrogens is 18. The van der Waals surface area contributed by atoms with Gasteiger partial charge in [0, 0.05) is 255 Å². The number of nitrogens with zero attached hydrogens (tertiary/aromatic N) is 16. The van der Waals surface area contributed by atoms with E-state index < -0.39 is 238 Å². The molecule has 12 aliphatic heterocycles. The number of nitrogens with one attached hydrogen (secondary N) is 2. The Morgan fingerprint density at radius 1 is 0.426 bits per heavy atom. The number of aliphatic hydroxyl groups is 5. The molecule has 798 valence electrons. The van der Waals surface area contributed by atoms with Gasteiger partial charge in [-0.05, 0) is 13.0 Å². The third kappa shape index (κ3) is 23.6. The Morgan fingerprint density at radius 3 is 1.17 bits per heavy atom. The SMILES string of the molecule is CCOc1nc(N)nc2c1ncn2[C@@H]1O[C@@]2(CO[PH](C)=O)CO[C@]1(F)[C@@H]2O.C[PH](=O)OC[C@@]12CO[C@@H]([C@H](n3ccc(=O)[nH]c3=O)O1)[C@@H]2F.C[PH](=O)OC[C@]12CO[C@](F)([C@@H]1O)[C@H](n1cc(F)c(=O)[nH]c1=O)O2.C[PH](=O)OC[C@]12CO[C@](F)([C@@H]1O)[C@H](n1ccc(N)nc1=O)O2.C[PH](=O)OC[C@]12CO[C@](F)([C@@H]1O)[C@H](n1cnc3c(N)nc(N)nc31)O2.C[PH](=O)OC[C@]12CO[C@](F)([C@@H]1O)[C@H](n1cnc3c(N)ncnc31)O2.[Y].[Y].[Y].[Y].[Y].[Y]. The molecule has 9 aromatic rings. The quantitative estimate of drug-likeness (QED) is 0.0198. The van der Waals surface area contributed by atoms with Gasteiger partial charge in [-0.25, -0.2) is 65.6 Å². The fourth-order valence-corrected chi connectivity index (χ4v) is 19.9. The van der Waals surface area contributed by atoms with E-state index in [4.69, 9.17) is 117 Å². The van der Waals surface area contributed by atoms with E-state index in [9.17, 15) is 94.5 Å². The summed E-state index contributed by atoms with van der Waals surface area (Å²) in [6, 6.07) is 2.43. The maximum absolute atomic E-state index is 15.5. The third-order valence-corrected chi connectivity index (χ3v) is 27.5. The summed E-state index contributed by atoms with van der Waals surface area (Å²) in [5.41, 5.74) is 15.9. The Hall–Kier alpha value is -2.72. The summed E-state index contributed by atoms with van der Waals surface area (Å²) in [6.07, 6.45) is -11.6. The number of alkyl halides is 6. The molecule has 30 atom stereocenters. The number of H-pyrrole nitrogens is 2. The second kappa shape index (κ2) is 49.2. The van der Waals surface area contributed by atoms with Crippen LogP contribution in [-0.2, 0) is 308 Å². The van der Waals surface area contributed by atoms with Gasteiger partial charge in [0.15, 0.2) is 149 Å². The van der Waals surface area contributed by atoms with Gasteiger partial charge in [-0.3, -0.25) is 74.3 Å². The van der Waals surface area contributed by atoms with Crippen LogP contribution in [0.3, 0.4) is 0 Å². The van der Waals surface area contributed by atoms with Gasteiger partial charge in [0.2, 0.25) is 36.0 Å². The molecule has 0 spiro atoms. The fraction of sp³-hybridized carbons (Fsp3) is 0.620. The van der Waals surface area contributed by atoms with E-state index in [1.54, 1.807) is 11.9 Å². The van der Waals surface area contributed by atoms with Crippen molar-refractivity contribution in [2.45, 2.75) is 150 Å². The van der Waals surface area contributed by atoms with E-state index in [0.29, 0.717) is 17.4 Å². The topological polar surface area (TPSA) is 784 Å². The molecule has 21 heterocycles. The minimum atomic E-state index is -2.85. The predicted molar refractivity (Wildman–Crippen MR) is 466 cm³/mol. The van der Waals surface area contributed by atoms with Crippen LogP contribution >= 0.6 is 48.2 Å². The van der Waals surface area contributed by atoms with E-state index in [2.05, 4.69) is 54.8 Å². The zero-order valence-corrected chi connectivity index (χ0v) is 101. The molecular formula is C71H92F7N23O35P6Y6. The maximum atomic E-state index is 15.5. The van der Waals surface area contributed by atoms with E-state index in [0.717, 1.165) is 15.2 Å². The maximum Gasteiger partial charge on any atom is 0.351 e. The number of imidazole rings is 3. The number of nitrogen functional groups attached to an aromatic ring is 5. The average Bonchev–Trinajstić information content (AvgIpc) is 1.54. The van der Waals surface area contributed by atoms with Crippen LogP contribution in [-0.4, -0.2) is 344 Å². The molecule has 0 aromatic carbocycles. The van der Waals surface area contributed by atoms with Gasteiger partial charge in [-0.15, -0.1) is 0 Å². The standard InChI is InChI=1S/C14H19FN5O6P.C12H16FN6O5P.C12H15FN5O5P.C11H13F2N2O7P.C11H15FN3O6P.C11H14FN2O6P.6Y/c1-3-23-9-7-8(18-12(16)19-9)20(6-17-7)11-14(15)10(21)13(26-11,4-24-14)5-25-27(2)22;1-25(21)23-3-11-2-22-12(13,8(11)20)9(24-11)19-4-16-5-6(14)17-10(15)18-7(5)19;1-24(20)22-3-11-2-21-12(13,9(11)19)10(23-11)18-5-17-6-7(14)15-4-16-8(6)18;1-23(19)21-4-10-3-20-11(13,7(10)17)8(22-10)15-2-5(12)6(16)14-9(15)18;1-22(18)20-5-10-4-19-11(12,7(10)16)8(21-10)15-3-2-6(13)14-9(15)17;1-21(17)19-5-11-4-18-7(8(11)12)9(20-11)14-3-2-6(15)13-10(14)16;;;;;;/h6,10-11,21,27H,3-5H2,1-2H3,(H2,16,18,19);4,8-9,20,25H,2-3H2,1H3,(H4,14,15,17,18);4-5,9-10,19,24H,2-3H2,1H3,(H2,14,15,16);2,7-8,17,23H,3-4H2,1H3,(H,14,16,18);2-3,7-8,16,22H,4-5H2,1H3,(H2,13,14,17);2-3,7-9,21H,4-5H2,1H3,(H,13,15,16);;;;;;/t10-,11-,13-,14-;8-,9-,11-,12-;9-,10-,11-,12-;2*7-,8-,10-,11-;7-,8+,9-,11-;;;;;;/m111111....../s1. The number of fused-ring (bicyclic) bond motifs is 15. The zero-order chi connectivity index (χ0) is 103. The molecule has 0 saturated carbocycles. The monoisotopic (exact) mass is 2680 g/mol. The van der Waals surface area contributed by atoms with Crippen LogP contribution in [0.4, 0.5) is 60.1 Å². The molecule has 21 rings (SSSR count). The number of hydrogen-bond donors (Lipinski definition) is 12. The van der Waals surface area contributed by atoms with Crippen molar-refractivity contribution in [1.82, 2.24) is 87.2 Å². The molecule has 148 heavy (non-hydrogen) atoms. The van der Waals surface area contributed by atoms with Crippen LogP contribution in [0.5, 0.6) is 5.88 Å². The van der Waals surface area contributed by atoms with Crippen molar-refractivity contribution in [2.75, 3.05) is 155 Å². The fourth-order valence-electron chi connectivity index (χ4n) is 17.2. The van der Waals surface area contributed by atoms with Crippen LogP contribution in [0.25, 0.3) is 33.5 Å². The van der Waals surface area contributed by atoms with Gasteiger partial charge in [-0.1, -0.05) is 0 Å². The molecule has 12 saturated heterocycles. The van der Waals surface area contributed by atoms with Crippen molar-refractivity contribution >= 4 is 111 Å². The normalized spacial score (nSPS) is 34.6. The number of ether oxygens (including phenoxy) is 13. The van der Waals surface area contributed by atoms with Crippen LogP contribution < -0.4 is 61.6 Å². The van der Waals surface area contributed by atoms with Crippen molar-refractivity contribution in [1.29, 1.82) is 0 Å².